The number of benzene rings is 2. The lowest BCUT2D eigenvalue weighted by Crippen LogP contribution is -2.44. The first kappa shape index (κ1) is 23.4. The molecule has 7 rings (SSSR count). The average Bonchev–Trinajstić information content (AvgIpc) is 3.65. The van der Waals surface area contributed by atoms with Crippen LogP contribution in [0.25, 0.3) is 27.7 Å². The molecule has 5 heterocycles. The zero-order chi connectivity index (χ0) is 27.1. The SMILES string of the molecule is Nc1nc2cc(F)c(C(=O)N3CCC[C@@H]4Oc5cc(-c6cnn(C(F)(F)F)c6)ccc5[C@@H]43)cc2n2cncc12. The number of aromatic nitrogens is 5. The van der Waals surface area contributed by atoms with Crippen molar-refractivity contribution in [1.29, 1.82) is 0 Å². The Morgan fingerprint density at radius 1 is 1.10 bits per heavy atom. The maximum absolute atomic E-state index is 15.3. The number of nitrogen functional groups attached to an aromatic ring is 1. The van der Waals surface area contributed by atoms with E-state index in [0.717, 1.165) is 12.4 Å². The van der Waals surface area contributed by atoms with Crippen molar-refractivity contribution >= 4 is 28.3 Å². The maximum Gasteiger partial charge on any atom is 0.504 e. The number of hydrogen-bond donors (Lipinski definition) is 1. The van der Waals surface area contributed by atoms with Crippen molar-refractivity contribution in [2.75, 3.05) is 12.3 Å². The van der Waals surface area contributed by atoms with E-state index in [9.17, 15) is 18.0 Å². The molecule has 13 heteroatoms. The van der Waals surface area contributed by atoms with Crippen LogP contribution < -0.4 is 10.5 Å². The summed E-state index contributed by atoms with van der Waals surface area (Å²) in [5.41, 5.74) is 8.66. The number of rotatable bonds is 2. The normalized spacial score (nSPS) is 18.8. The molecule has 1 saturated heterocycles. The minimum atomic E-state index is -4.62. The Bertz CT molecular complexity index is 1790. The van der Waals surface area contributed by atoms with Gasteiger partial charge in [-0.25, -0.2) is 14.4 Å². The summed E-state index contributed by atoms with van der Waals surface area (Å²) in [5.74, 6) is -0.554. The third-order valence-corrected chi connectivity index (χ3v) is 7.32. The first-order valence-electron chi connectivity index (χ1n) is 12.1. The molecule has 0 saturated carbocycles. The number of fused-ring (bicyclic) bond motifs is 6. The van der Waals surface area contributed by atoms with E-state index >= 15 is 4.39 Å². The molecule has 0 radical (unpaired) electrons. The molecule has 5 aromatic rings. The van der Waals surface area contributed by atoms with E-state index in [1.807, 2.05) is 0 Å². The highest BCUT2D eigenvalue weighted by molar-refractivity contribution is 5.99. The molecule has 2 aliphatic heterocycles. The fourth-order valence-electron chi connectivity index (χ4n) is 5.53. The van der Waals surface area contributed by atoms with Gasteiger partial charge in [0.1, 0.15) is 29.0 Å². The quantitative estimate of drug-likeness (QED) is 0.328. The van der Waals surface area contributed by atoms with Crippen molar-refractivity contribution in [3.8, 4) is 16.9 Å². The van der Waals surface area contributed by atoms with Gasteiger partial charge in [-0.3, -0.25) is 9.20 Å². The molecule has 2 aliphatic rings. The van der Waals surface area contributed by atoms with Crippen LogP contribution in [-0.4, -0.2) is 47.6 Å². The second-order valence-corrected chi connectivity index (χ2v) is 9.60. The van der Waals surface area contributed by atoms with Crippen LogP contribution in [0.15, 0.2) is 55.2 Å². The molecule has 9 nitrogen and oxygen atoms in total. The number of carbonyl (C=O) groups is 1. The predicted molar refractivity (Wildman–Crippen MR) is 131 cm³/mol. The molecule has 2 N–H and O–H groups in total. The number of ether oxygens (including phenoxy) is 1. The van der Waals surface area contributed by atoms with Crippen LogP contribution in [0.4, 0.5) is 23.4 Å². The Hall–Kier alpha value is -4.68. The van der Waals surface area contributed by atoms with Crippen LogP contribution in [0.3, 0.4) is 0 Å². The van der Waals surface area contributed by atoms with Gasteiger partial charge in [-0.1, -0.05) is 12.1 Å². The number of alkyl halides is 3. The minimum absolute atomic E-state index is 0.0594. The van der Waals surface area contributed by atoms with Crippen molar-refractivity contribution in [2.24, 2.45) is 0 Å². The number of imidazole rings is 1. The number of hydrogen-bond acceptors (Lipinski definition) is 6. The van der Waals surface area contributed by atoms with Gasteiger partial charge in [0.25, 0.3) is 5.91 Å². The Balaban J connectivity index is 1.25. The Morgan fingerprint density at radius 3 is 2.74 bits per heavy atom. The lowest BCUT2D eigenvalue weighted by molar-refractivity contribution is -0.212. The number of carbonyl (C=O) groups excluding carboxylic acids is 1. The second kappa shape index (κ2) is 8.16. The Kier molecular flexibility index (Phi) is 4.90. The van der Waals surface area contributed by atoms with Crippen LogP contribution in [-0.2, 0) is 6.30 Å². The van der Waals surface area contributed by atoms with E-state index in [2.05, 4.69) is 15.1 Å². The number of amides is 1. The van der Waals surface area contributed by atoms with Crippen molar-refractivity contribution in [2.45, 2.75) is 31.3 Å². The molecule has 0 unspecified atom stereocenters. The van der Waals surface area contributed by atoms with Gasteiger partial charge in [0.2, 0.25) is 0 Å². The number of nitrogens with zero attached hydrogens (tertiary/aromatic N) is 6. The molecule has 0 spiro atoms. The van der Waals surface area contributed by atoms with Gasteiger partial charge >= 0.3 is 6.30 Å². The minimum Gasteiger partial charge on any atom is -0.488 e. The summed E-state index contributed by atoms with van der Waals surface area (Å²) in [4.78, 5) is 23.7. The summed E-state index contributed by atoms with van der Waals surface area (Å²) in [6.07, 6.45) is 1.43. The van der Waals surface area contributed by atoms with Crippen LogP contribution in [0.1, 0.15) is 34.8 Å². The van der Waals surface area contributed by atoms with Crippen LogP contribution >= 0.6 is 0 Å². The third-order valence-electron chi connectivity index (χ3n) is 7.32. The summed E-state index contributed by atoms with van der Waals surface area (Å²) in [7, 11) is 0. The lowest BCUT2D eigenvalue weighted by Gasteiger charge is -2.36. The first-order valence-corrected chi connectivity index (χ1v) is 12.1. The van der Waals surface area contributed by atoms with Crippen molar-refractivity contribution < 1.29 is 27.1 Å². The van der Waals surface area contributed by atoms with E-state index < -0.39 is 24.1 Å². The molecule has 1 amide bonds. The fraction of sp³-hybridized carbons (Fsp3) is 0.231. The van der Waals surface area contributed by atoms with Gasteiger partial charge < -0.3 is 15.4 Å². The molecular weight excluding hydrogens is 518 g/mol. The van der Waals surface area contributed by atoms with Gasteiger partial charge in [-0.15, -0.1) is 13.2 Å². The van der Waals surface area contributed by atoms with Gasteiger partial charge in [0.15, 0.2) is 0 Å². The summed E-state index contributed by atoms with van der Waals surface area (Å²) in [6, 6.07) is 7.23. The molecule has 1 fully saturated rings. The fourth-order valence-corrected chi connectivity index (χ4v) is 5.53. The number of likely N-dealkylation sites (tertiary alicyclic amines) is 1. The van der Waals surface area contributed by atoms with E-state index in [4.69, 9.17) is 10.5 Å². The van der Waals surface area contributed by atoms with Crippen molar-refractivity contribution in [3.63, 3.8) is 0 Å². The maximum atomic E-state index is 15.3. The molecule has 0 aliphatic carbocycles. The molecular formula is C26H19F4N7O2. The van der Waals surface area contributed by atoms with Crippen LogP contribution in [0.5, 0.6) is 5.75 Å². The van der Waals surface area contributed by atoms with E-state index in [-0.39, 0.29) is 27.7 Å². The van der Waals surface area contributed by atoms with E-state index in [1.54, 1.807) is 27.5 Å². The largest absolute Gasteiger partial charge is 0.504 e. The Morgan fingerprint density at radius 2 is 1.95 bits per heavy atom. The van der Waals surface area contributed by atoms with E-state index in [1.165, 1.54) is 24.7 Å². The number of halogens is 4. The highest BCUT2D eigenvalue weighted by Crippen LogP contribution is 2.46. The second-order valence-electron chi connectivity index (χ2n) is 9.60. The summed E-state index contributed by atoms with van der Waals surface area (Å²) >= 11 is 0. The van der Waals surface area contributed by atoms with Gasteiger partial charge in [-0.2, -0.15) is 9.78 Å². The highest BCUT2D eigenvalue weighted by atomic mass is 19.4. The first-order chi connectivity index (χ1) is 18.7. The standard InChI is InChI=1S/C26H19F4N7O2/c27-17-8-18-19(36-12-32-10-20(36)24(31)34-18)7-16(17)25(38)35-5-1-2-21-23(35)15-4-3-13(6-22(15)39-21)14-9-33-37(11-14)26(28,29)30/h3-4,6-12,21,23H,1-2,5H2,(H2,31,34)/t21-,23-/m0/s1. The highest BCUT2D eigenvalue weighted by Gasteiger charge is 2.44. The number of piperidine rings is 1. The predicted octanol–water partition coefficient (Wildman–Crippen LogP) is 4.68. The zero-order valence-corrected chi connectivity index (χ0v) is 20.1. The lowest BCUT2D eigenvalue weighted by atomic mass is 9.92. The number of nitrogens with two attached hydrogens (primary N) is 1. The summed E-state index contributed by atoms with van der Waals surface area (Å²) in [6.45, 7) is 0.390. The van der Waals surface area contributed by atoms with E-state index in [0.29, 0.717) is 52.8 Å². The van der Waals surface area contributed by atoms with Gasteiger partial charge in [-0.05, 0) is 30.5 Å². The van der Waals surface area contributed by atoms with Crippen molar-refractivity contribution in [3.05, 3.63) is 72.2 Å². The van der Waals surface area contributed by atoms with Crippen LogP contribution in [0, 0.1) is 5.82 Å². The number of anilines is 1. The third kappa shape index (κ3) is 3.60. The molecule has 39 heavy (non-hydrogen) atoms. The Labute approximate surface area is 217 Å². The summed E-state index contributed by atoms with van der Waals surface area (Å²) in [5, 5.41) is 3.39. The smallest absolute Gasteiger partial charge is 0.488 e. The van der Waals surface area contributed by atoms with Crippen LogP contribution in [0.2, 0.25) is 0 Å². The van der Waals surface area contributed by atoms with Gasteiger partial charge in [0, 0.05) is 29.9 Å². The molecule has 0 bridgehead atoms. The molecule has 2 atom stereocenters. The molecule has 198 valence electrons. The van der Waals surface area contributed by atoms with Crippen molar-refractivity contribution in [1.82, 2.24) is 29.0 Å². The molecule has 2 aromatic carbocycles. The zero-order valence-electron chi connectivity index (χ0n) is 20.1. The average molecular weight is 537 g/mol. The monoisotopic (exact) mass is 537 g/mol. The summed E-state index contributed by atoms with van der Waals surface area (Å²) < 4.78 is 62.0. The molecule has 3 aromatic heterocycles. The topological polar surface area (TPSA) is 104 Å². The van der Waals surface area contributed by atoms with Gasteiger partial charge in [0.05, 0.1) is 41.4 Å².